The molecule has 1 aliphatic carbocycles. The number of hydrogen-bond donors (Lipinski definition) is 3. The number of hydrogen-bond acceptors (Lipinski definition) is 7. The molecule has 44 heavy (non-hydrogen) atoms. The molecule has 1 aromatic rings. The summed E-state index contributed by atoms with van der Waals surface area (Å²) in [4.78, 5) is 68.2. The maximum atomic E-state index is 13.9. The van der Waals surface area contributed by atoms with E-state index in [0.717, 1.165) is 24.0 Å². The summed E-state index contributed by atoms with van der Waals surface area (Å²) >= 11 is 0. The Morgan fingerprint density at radius 3 is 2.70 bits per heavy atom. The van der Waals surface area contributed by atoms with Gasteiger partial charge in [-0.2, -0.15) is 0 Å². The van der Waals surface area contributed by atoms with Crippen LogP contribution in [0.4, 0.5) is 14.0 Å². The standard InChI is InChI=1S/C31H39FN4O8/c32-13-15-43-29(41)33-24-11-5-3-1-2-4-10-22-17-31(22,28(39)40)34-26(37)25-16-23(19-36(25)27(24)38)44-30(42)35-14-12-20-8-6-7-9-21(20)18-35/h4,6-10,22-25H,1-3,5,11-19H2,(H,33,41)(H,34,37)(H,39,40)/t22-,23-,24+,25+,31-/m1/s1. The average molecular weight is 615 g/mol. The van der Waals surface area contributed by atoms with Gasteiger partial charge in [0.1, 0.15) is 37.0 Å². The Morgan fingerprint density at radius 1 is 1.14 bits per heavy atom. The molecule has 3 heterocycles. The molecule has 0 aromatic heterocycles. The van der Waals surface area contributed by atoms with Crippen LogP contribution in [0.1, 0.15) is 56.1 Å². The largest absolute Gasteiger partial charge is 0.479 e. The predicted octanol–water partition coefficient (Wildman–Crippen LogP) is 2.69. The fraction of sp³-hybridized carbons (Fsp3) is 0.581. The van der Waals surface area contributed by atoms with Gasteiger partial charge in [-0.1, -0.05) is 49.3 Å². The molecule has 13 heteroatoms. The molecule has 0 unspecified atom stereocenters. The number of nitrogens with one attached hydrogen (secondary N) is 2. The van der Waals surface area contributed by atoms with E-state index in [1.807, 2.05) is 36.4 Å². The molecule has 12 nitrogen and oxygen atoms in total. The molecular formula is C31H39FN4O8. The van der Waals surface area contributed by atoms with Crippen LogP contribution >= 0.6 is 0 Å². The van der Waals surface area contributed by atoms with Crippen LogP contribution in [-0.2, 0) is 36.8 Å². The third-order valence-electron chi connectivity index (χ3n) is 8.88. The molecule has 3 aliphatic heterocycles. The molecule has 0 radical (unpaired) electrons. The lowest BCUT2D eigenvalue weighted by Gasteiger charge is -2.30. The first-order chi connectivity index (χ1) is 21.2. The Labute approximate surface area is 254 Å². The molecule has 0 spiro atoms. The van der Waals surface area contributed by atoms with E-state index in [4.69, 9.17) is 9.47 Å². The SMILES string of the molecule is O=C(N[C@H]1CCCCCC=C[C@@H]2C[C@@]2(C(=O)O)NC(=O)[C@@H]2C[C@@H](OC(=O)N3CCc4ccccc4C3)CN2C1=O)OCCF. The molecule has 4 aliphatic rings. The van der Waals surface area contributed by atoms with E-state index in [9.17, 15) is 33.5 Å². The van der Waals surface area contributed by atoms with Crippen LogP contribution in [0.5, 0.6) is 0 Å². The van der Waals surface area contributed by atoms with E-state index in [1.54, 1.807) is 4.90 Å². The average Bonchev–Trinajstić information content (AvgIpc) is 3.55. The van der Waals surface area contributed by atoms with Gasteiger partial charge in [-0.15, -0.1) is 0 Å². The van der Waals surface area contributed by atoms with Crippen molar-refractivity contribution < 1.29 is 42.9 Å². The molecule has 1 aromatic carbocycles. The van der Waals surface area contributed by atoms with Gasteiger partial charge >= 0.3 is 18.2 Å². The number of ether oxygens (including phenoxy) is 2. The Kier molecular flexibility index (Phi) is 9.70. The Morgan fingerprint density at radius 2 is 1.93 bits per heavy atom. The van der Waals surface area contributed by atoms with E-state index in [2.05, 4.69) is 10.6 Å². The monoisotopic (exact) mass is 614 g/mol. The minimum absolute atomic E-state index is 0.0387. The third kappa shape index (κ3) is 6.97. The second kappa shape index (κ2) is 13.6. The van der Waals surface area contributed by atoms with Gasteiger partial charge < -0.3 is 35.0 Å². The van der Waals surface area contributed by atoms with Gasteiger partial charge in [-0.25, -0.2) is 18.8 Å². The number of carbonyl (C=O) groups is 5. The smallest absolute Gasteiger partial charge is 0.410 e. The lowest BCUT2D eigenvalue weighted by molar-refractivity contribution is -0.145. The number of carboxylic acids is 1. The highest BCUT2D eigenvalue weighted by molar-refractivity contribution is 5.96. The van der Waals surface area contributed by atoms with Crippen molar-refractivity contribution >= 4 is 30.0 Å². The van der Waals surface area contributed by atoms with E-state index in [0.29, 0.717) is 32.4 Å². The van der Waals surface area contributed by atoms with Crippen LogP contribution in [0.15, 0.2) is 36.4 Å². The summed E-state index contributed by atoms with van der Waals surface area (Å²) in [5.41, 5.74) is 0.700. The number of amides is 4. The summed E-state index contributed by atoms with van der Waals surface area (Å²) in [5.74, 6) is -2.80. The van der Waals surface area contributed by atoms with Gasteiger partial charge in [0.05, 0.1) is 6.54 Å². The number of fused-ring (bicyclic) bond motifs is 3. The van der Waals surface area contributed by atoms with Crippen molar-refractivity contribution in [2.75, 3.05) is 26.4 Å². The van der Waals surface area contributed by atoms with E-state index >= 15 is 0 Å². The maximum absolute atomic E-state index is 13.9. The van der Waals surface area contributed by atoms with Gasteiger partial charge in [0, 0.05) is 25.4 Å². The van der Waals surface area contributed by atoms with Gasteiger partial charge in [0.15, 0.2) is 0 Å². The molecule has 4 amide bonds. The van der Waals surface area contributed by atoms with Crippen molar-refractivity contribution in [2.45, 2.75) is 81.6 Å². The van der Waals surface area contributed by atoms with Gasteiger partial charge in [-0.05, 0) is 43.2 Å². The molecule has 1 saturated carbocycles. The van der Waals surface area contributed by atoms with Crippen molar-refractivity contribution in [1.29, 1.82) is 0 Å². The van der Waals surface area contributed by atoms with E-state index < -0.39 is 67.0 Å². The van der Waals surface area contributed by atoms with E-state index in [-0.39, 0.29) is 31.7 Å². The number of allylic oxidation sites excluding steroid dienone is 1. The Bertz CT molecular complexity index is 1310. The van der Waals surface area contributed by atoms with Crippen molar-refractivity contribution in [3.8, 4) is 0 Å². The lowest BCUT2D eigenvalue weighted by atomic mass is 10.0. The number of alkyl carbamates (subject to hydrolysis) is 1. The van der Waals surface area contributed by atoms with Crippen LogP contribution in [0.3, 0.4) is 0 Å². The predicted molar refractivity (Wildman–Crippen MR) is 154 cm³/mol. The quantitative estimate of drug-likeness (QED) is 0.428. The highest BCUT2D eigenvalue weighted by atomic mass is 19.1. The van der Waals surface area contributed by atoms with Gasteiger partial charge in [-0.3, -0.25) is 9.59 Å². The van der Waals surface area contributed by atoms with Crippen LogP contribution < -0.4 is 10.6 Å². The zero-order valence-electron chi connectivity index (χ0n) is 24.5. The number of carbonyl (C=O) groups excluding carboxylic acids is 4. The minimum Gasteiger partial charge on any atom is -0.479 e. The summed E-state index contributed by atoms with van der Waals surface area (Å²) in [6, 6.07) is 5.61. The summed E-state index contributed by atoms with van der Waals surface area (Å²) in [6.07, 6.45) is 5.27. The number of rotatable bonds is 5. The van der Waals surface area contributed by atoms with Crippen LogP contribution in [-0.4, -0.2) is 95.0 Å². The van der Waals surface area contributed by atoms with Crippen LogP contribution in [0, 0.1) is 5.92 Å². The molecular weight excluding hydrogens is 575 g/mol. The number of nitrogens with zero attached hydrogens (tertiary/aromatic N) is 2. The van der Waals surface area contributed by atoms with E-state index in [1.165, 1.54) is 4.90 Å². The first kappa shape index (κ1) is 31.3. The summed E-state index contributed by atoms with van der Waals surface area (Å²) < 4.78 is 23.2. The molecule has 3 N–H and O–H groups in total. The fourth-order valence-electron chi connectivity index (χ4n) is 6.33. The number of aliphatic carboxylic acids is 1. The molecule has 1 saturated heterocycles. The highest BCUT2D eigenvalue weighted by Gasteiger charge is 2.61. The molecule has 238 valence electrons. The number of alkyl halides is 1. The van der Waals surface area contributed by atoms with Crippen LogP contribution in [0.25, 0.3) is 0 Å². The van der Waals surface area contributed by atoms with Crippen molar-refractivity contribution in [3.05, 3.63) is 47.5 Å². The number of benzene rings is 1. The summed E-state index contributed by atoms with van der Waals surface area (Å²) in [7, 11) is 0. The third-order valence-corrected chi connectivity index (χ3v) is 8.88. The van der Waals surface area contributed by atoms with Crippen LogP contribution in [0.2, 0.25) is 0 Å². The summed E-state index contributed by atoms with van der Waals surface area (Å²) in [6.45, 7) is -0.634. The molecule has 5 rings (SSSR count). The van der Waals surface area contributed by atoms with Crippen molar-refractivity contribution in [2.24, 2.45) is 5.92 Å². The maximum Gasteiger partial charge on any atom is 0.410 e. The number of carboxylic acid groups (broad SMARTS) is 1. The Hall–Kier alpha value is -4.16. The fourth-order valence-corrected chi connectivity index (χ4v) is 6.33. The normalized spacial score (nSPS) is 28.8. The summed E-state index contributed by atoms with van der Waals surface area (Å²) in [5, 5.41) is 15.2. The van der Waals surface area contributed by atoms with Gasteiger partial charge in [0.2, 0.25) is 11.8 Å². The second-order valence-electron chi connectivity index (χ2n) is 11.9. The Balaban J connectivity index is 1.35. The van der Waals surface area contributed by atoms with Crippen molar-refractivity contribution in [1.82, 2.24) is 20.4 Å². The second-order valence-corrected chi connectivity index (χ2v) is 11.9. The minimum atomic E-state index is -1.48. The zero-order chi connectivity index (χ0) is 31.3. The number of halogens is 1. The lowest BCUT2D eigenvalue weighted by Crippen LogP contribution is -2.56. The first-order valence-electron chi connectivity index (χ1n) is 15.3. The molecule has 0 bridgehead atoms. The molecule has 5 atom stereocenters. The first-order valence-corrected chi connectivity index (χ1v) is 15.3. The topological polar surface area (TPSA) is 155 Å². The zero-order valence-corrected chi connectivity index (χ0v) is 24.5. The highest BCUT2D eigenvalue weighted by Crippen LogP contribution is 2.45. The van der Waals surface area contributed by atoms with Crippen molar-refractivity contribution in [3.63, 3.8) is 0 Å². The molecule has 2 fully saturated rings. The van der Waals surface area contributed by atoms with Gasteiger partial charge in [0.25, 0.3) is 0 Å².